The van der Waals surface area contributed by atoms with Gasteiger partial charge in [0.05, 0.1) is 4.90 Å². The molecule has 0 heterocycles. The molecule has 0 radical (unpaired) electrons. The minimum Gasteiger partial charge on any atom is -0.384 e. The Kier molecular flexibility index (Phi) is 5.74. The molecule has 6 heteroatoms. The summed E-state index contributed by atoms with van der Waals surface area (Å²) in [5.74, 6) is 0.132. The van der Waals surface area contributed by atoms with Crippen LogP contribution < -0.4 is 10.5 Å². The van der Waals surface area contributed by atoms with Crippen LogP contribution in [0.3, 0.4) is 0 Å². The minimum absolute atomic E-state index is 0.132. The smallest absolute Gasteiger partial charge is 0.240 e. The number of nitrogens with one attached hydrogen (secondary N) is 1. The Morgan fingerprint density at radius 3 is 2.44 bits per heavy atom. The predicted octanol–water partition coefficient (Wildman–Crippen LogP) is 0.706. The predicted molar refractivity (Wildman–Crippen MR) is 70.6 cm³/mol. The van der Waals surface area contributed by atoms with Crippen LogP contribution in [0.25, 0.3) is 0 Å². The summed E-state index contributed by atoms with van der Waals surface area (Å²) in [5, 5.41) is 0. The van der Waals surface area contributed by atoms with Crippen molar-refractivity contribution in [1.29, 1.82) is 0 Å². The van der Waals surface area contributed by atoms with Gasteiger partial charge < -0.3 is 10.5 Å². The normalized spacial score (nSPS) is 13.5. The number of ether oxygens (including phenoxy) is 1. The second-order valence-corrected chi connectivity index (χ2v) is 6.03. The summed E-state index contributed by atoms with van der Waals surface area (Å²) in [6.07, 6.45) is 0. The SMILES string of the molecule is COCC(C)CNS(=O)(=O)c1ccc(CN)cc1. The lowest BCUT2D eigenvalue weighted by molar-refractivity contribution is 0.161. The largest absolute Gasteiger partial charge is 0.384 e. The zero-order valence-electron chi connectivity index (χ0n) is 10.7. The highest BCUT2D eigenvalue weighted by atomic mass is 32.2. The molecular formula is C12H20N2O3S. The van der Waals surface area contributed by atoms with Crippen molar-refractivity contribution < 1.29 is 13.2 Å². The van der Waals surface area contributed by atoms with Crippen LogP contribution in [-0.2, 0) is 21.3 Å². The van der Waals surface area contributed by atoms with E-state index < -0.39 is 10.0 Å². The van der Waals surface area contributed by atoms with Gasteiger partial charge in [0.25, 0.3) is 0 Å². The maximum atomic E-state index is 12.0. The Balaban J connectivity index is 2.67. The van der Waals surface area contributed by atoms with Crippen molar-refractivity contribution in [3.05, 3.63) is 29.8 Å². The standard InChI is InChI=1S/C12H20N2O3S/c1-10(9-17-2)8-14-18(15,16)12-5-3-11(7-13)4-6-12/h3-6,10,14H,7-9,13H2,1-2H3. The number of hydrogen-bond acceptors (Lipinski definition) is 4. The molecule has 0 aliphatic rings. The van der Waals surface area contributed by atoms with Crippen LogP contribution >= 0.6 is 0 Å². The molecule has 0 spiro atoms. The fourth-order valence-electron chi connectivity index (χ4n) is 1.48. The third kappa shape index (κ3) is 4.38. The third-order valence-corrected chi connectivity index (χ3v) is 3.98. The van der Waals surface area contributed by atoms with E-state index in [1.807, 2.05) is 6.92 Å². The van der Waals surface area contributed by atoms with Crippen molar-refractivity contribution >= 4 is 10.0 Å². The van der Waals surface area contributed by atoms with Gasteiger partial charge in [-0.25, -0.2) is 13.1 Å². The average molecular weight is 272 g/mol. The Morgan fingerprint density at radius 2 is 1.94 bits per heavy atom. The Bertz CT molecular complexity index is 457. The maximum Gasteiger partial charge on any atom is 0.240 e. The van der Waals surface area contributed by atoms with Gasteiger partial charge in [-0.2, -0.15) is 0 Å². The maximum absolute atomic E-state index is 12.0. The molecule has 18 heavy (non-hydrogen) atoms. The second-order valence-electron chi connectivity index (χ2n) is 4.26. The van der Waals surface area contributed by atoms with Gasteiger partial charge in [-0.3, -0.25) is 0 Å². The monoisotopic (exact) mass is 272 g/mol. The molecule has 1 rings (SSSR count). The number of methoxy groups -OCH3 is 1. The van der Waals surface area contributed by atoms with Crippen LogP contribution in [0.15, 0.2) is 29.2 Å². The van der Waals surface area contributed by atoms with E-state index >= 15 is 0 Å². The summed E-state index contributed by atoms with van der Waals surface area (Å²) in [6.45, 7) is 3.20. The zero-order chi connectivity index (χ0) is 13.6. The number of nitrogens with two attached hydrogens (primary N) is 1. The van der Waals surface area contributed by atoms with E-state index in [9.17, 15) is 8.42 Å². The average Bonchev–Trinajstić information content (AvgIpc) is 2.37. The fraction of sp³-hybridized carbons (Fsp3) is 0.500. The Hall–Kier alpha value is -0.950. The van der Waals surface area contributed by atoms with Crippen molar-refractivity contribution in [3.63, 3.8) is 0 Å². The molecule has 1 atom stereocenters. The van der Waals surface area contributed by atoms with Crippen molar-refractivity contribution in [2.24, 2.45) is 11.7 Å². The van der Waals surface area contributed by atoms with E-state index in [1.165, 1.54) is 0 Å². The van der Waals surface area contributed by atoms with E-state index in [2.05, 4.69) is 4.72 Å². The summed E-state index contributed by atoms with van der Waals surface area (Å²) in [5.41, 5.74) is 6.37. The lowest BCUT2D eigenvalue weighted by atomic mass is 10.2. The Labute approximate surface area is 108 Å². The highest BCUT2D eigenvalue weighted by Gasteiger charge is 2.14. The van der Waals surface area contributed by atoms with E-state index in [0.29, 0.717) is 19.7 Å². The summed E-state index contributed by atoms with van der Waals surface area (Å²) in [7, 11) is -1.85. The molecule has 0 saturated carbocycles. The van der Waals surface area contributed by atoms with Gasteiger partial charge in [0.1, 0.15) is 0 Å². The highest BCUT2D eigenvalue weighted by molar-refractivity contribution is 7.89. The minimum atomic E-state index is -3.45. The number of rotatable bonds is 7. The first kappa shape index (κ1) is 15.1. The van der Waals surface area contributed by atoms with Crippen LogP contribution in [-0.4, -0.2) is 28.7 Å². The molecule has 3 N–H and O–H groups in total. The van der Waals surface area contributed by atoms with Gasteiger partial charge in [0, 0.05) is 26.8 Å². The van der Waals surface area contributed by atoms with Gasteiger partial charge in [0.15, 0.2) is 0 Å². The van der Waals surface area contributed by atoms with Crippen molar-refractivity contribution in [1.82, 2.24) is 4.72 Å². The van der Waals surface area contributed by atoms with Crippen LogP contribution in [0.5, 0.6) is 0 Å². The Morgan fingerprint density at radius 1 is 1.33 bits per heavy atom. The first-order valence-corrected chi connectivity index (χ1v) is 7.25. The second kappa shape index (κ2) is 6.84. The topological polar surface area (TPSA) is 81.4 Å². The third-order valence-electron chi connectivity index (χ3n) is 2.54. The molecular weight excluding hydrogens is 252 g/mol. The lowest BCUT2D eigenvalue weighted by Crippen LogP contribution is -2.30. The van der Waals surface area contributed by atoms with Crippen molar-refractivity contribution in [2.45, 2.75) is 18.4 Å². The van der Waals surface area contributed by atoms with E-state index in [4.69, 9.17) is 10.5 Å². The first-order valence-electron chi connectivity index (χ1n) is 5.77. The number of hydrogen-bond donors (Lipinski definition) is 2. The van der Waals surface area contributed by atoms with Crippen LogP contribution in [0.4, 0.5) is 0 Å². The number of benzene rings is 1. The van der Waals surface area contributed by atoms with Crippen LogP contribution in [0.1, 0.15) is 12.5 Å². The molecule has 102 valence electrons. The molecule has 1 unspecified atom stereocenters. The van der Waals surface area contributed by atoms with Crippen molar-refractivity contribution in [2.75, 3.05) is 20.3 Å². The molecule has 0 aromatic heterocycles. The molecule has 1 aromatic carbocycles. The van der Waals surface area contributed by atoms with Gasteiger partial charge in [-0.1, -0.05) is 19.1 Å². The number of sulfonamides is 1. The molecule has 0 aliphatic carbocycles. The first-order chi connectivity index (χ1) is 8.49. The van der Waals surface area contributed by atoms with Crippen LogP contribution in [0, 0.1) is 5.92 Å². The quantitative estimate of drug-likeness (QED) is 0.766. The van der Waals surface area contributed by atoms with Crippen molar-refractivity contribution in [3.8, 4) is 0 Å². The zero-order valence-corrected chi connectivity index (χ0v) is 11.5. The lowest BCUT2D eigenvalue weighted by Gasteiger charge is -2.12. The van der Waals surface area contributed by atoms with Gasteiger partial charge in [0.2, 0.25) is 10.0 Å². The van der Waals surface area contributed by atoms with E-state index in [0.717, 1.165) is 5.56 Å². The summed E-state index contributed by atoms with van der Waals surface area (Å²) in [4.78, 5) is 0.254. The van der Waals surface area contributed by atoms with Gasteiger partial charge in [-0.15, -0.1) is 0 Å². The molecule has 0 amide bonds. The molecule has 0 bridgehead atoms. The summed E-state index contributed by atoms with van der Waals surface area (Å²) in [6, 6.07) is 6.55. The van der Waals surface area contributed by atoms with Gasteiger partial charge in [-0.05, 0) is 23.6 Å². The highest BCUT2D eigenvalue weighted by Crippen LogP contribution is 2.10. The van der Waals surface area contributed by atoms with Crippen LogP contribution in [0.2, 0.25) is 0 Å². The van der Waals surface area contributed by atoms with E-state index in [-0.39, 0.29) is 10.8 Å². The summed E-state index contributed by atoms with van der Waals surface area (Å²) >= 11 is 0. The summed E-state index contributed by atoms with van der Waals surface area (Å²) < 4.78 is 31.4. The molecule has 0 aliphatic heterocycles. The molecule has 1 aromatic rings. The van der Waals surface area contributed by atoms with E-state index in [1.54, 1.807) is 31.4 Å². The fourth-order valence-corrected chi connectivity index (χ4v) is 2.65. The molecule has 5 nitrogen and oxygen atoms in total. The van der Waals surface area contributed by atoms with Gasteiger partial charge >= 0.3 is 0 Å². The molecule has 0 fully saturated rings. The molecule has 0 saturated heterocycles.